The Morgan fingerprint density at radius 2 is 1.83 bits per heavy atom. The van der Waals surface area contributed by atoms with Gasteiger partial charge in [-0.2, -0.15) is 0 Å². The third kappa shape index (κ3) is 2.63. The molecule has 3 rings (SSSR count). The summed E-state index contributed by atoms with van der Waals surface area (Å²) in [6.07, 6.45) is 2.25. The van der Waals surface area contributed by atoms with Crippen molar-refractivity contribution in [1.82, 2.24) is 10.2 Å². The maximum atomic E-state index is 12.9. The number of ether oxygens (including phenoxy) is 1. The predicted molar refractivity (Wildman–Crippen MR) is 86.9 cm³/mol. The van der Waals surface area contributed by atoms with Gasteiger partial charge in [-0.1, -0.05) is 24.3 Å². The summed E-state index contributed by atoms with van der Waals surface area (Å²) < 4.78 is 4.98. The van der Waals surface area contributed by atoms with E-state index in [1.165, 1.54) is 25.5 Å². The zero-order valence-corrected chi connectivity index (χ0v) is 14.1. The smallest absolute Gasteiger partial charge is 0.327 e. The minimum Gasteiger partial charge on any atom is -0.468 e. The van der Waals surface area contributed by atoms with Gasteiger partial charge in [-0.15, -0.1) is 0 Å². The van der Waals surface area contributed by atoms with Crippen LogP contribution >= 0.6 is 0 Å². The van der Waals surface area contributed by atoms with Crippen LogP contribution in [0.25, 0.3) is 0 Å². The molecule has 0 radical (unpaired) electrons. The minimum absolute atomic E-state index is 0.0664. The quantitative estimate of drug-likeness (QED) is 0.867. The number of carbonyl (C=O) groups is 2. The van der Waals surface area contributed by atoms with Gasteiger partial charge in [-0.05, 0) is 43.7 Å². The topological polar surface area (TPSA) is 58.6 Å². The first-order valence-electron chi connectivity index (χ1n) is 8.11. The van der Waals surface area contributed by atoms with Crippen LogP contribution in [-0.4, -0.2) is 42.6 Å². The summed E-state index contributed by atoms with van der Waals surface area (Å²) in [5.41, 5.74) is 1.09. The molecule has 124 valence electrons. The Bertz CT molecular complexity index is 624. The molecule has 1 aromatic carbocycles. The van der Waals surface area contributed by atoms with Gasteiger partial charge in [0.25, 0.3) is 0 Å². The molecule has 2 aliphatic rings. The van der Waals surface area contributed by atoms with Gasteiger partial charge >= 0.3 is 5.97 Å². The zero-order chi connectivity index (χ0) is 16.8. The van der Waals surface area contributed by atoms with E-state index in [1.54, 1.807) is 18.9 Å². The molecule has 1 aliphatic carbocycles. The van der Waals surface area contributed by atoms with E-state index in [0.29, 0.717) is 5.92 Å². The van der Waals surface area contributed by atoms with E-state index in [4.69, 9.17) is 4.74 Å². The van der Waals surface area contributed by atoms with Gasteiger partial charge in [0.05, 0.1) is 19.2 Å². The van der Waals surface area contributed by atoms with E-state index in [-0.39, 0.29) is 12.1 Å². The fourth-order valence-electron chi connectivity index (χ4n) is 3.50. The Labute approximate surface area is 137 Å². The van der Waals surface area contributed by atoms with Crippen molar-refractivity contribution in [2.75, 3.05) is 14.2 Å². The van der Waals surface area contributed by atoms with Crippen molar-refractivity contribution in [1.29, 1.82) is 0 Å². The molecule has 2 fully saturated rings. The van der Waals surface area contributed by atoms with Gasteiger partial charge in [0.2, 0.25) is 5.91 Å². The van der Waals surface area contributed by atoms with E-state index < -0.39 is 17.4 Å². The number of hydrogen-bond donors (Lipinski definition) is 1. The number of esters is 1. The highest BCUT2D eigenvalue weighted by molar-refractivity contribution is 5.95. The average Bonchev–Trinajstić information content (AvgIpc) is 3.37. The van der Waals surface area contributed by atoms with Gasteiger partial charge in [0.15, 0.2) is 0 Å². The summed E-state index contributed by atoms with van der Waals surface area (Å²) in [7, 11) is 3.11. The summed E-state index contributed by atoms with van der Waals surface area (Å²) in [5, 5.41) is 3.25. The molecular weight excluding hydrogens is 292 g/mol. The van der Waals surface area contributed by atoms with Gasteiger partial charge in [-0.25, -0.2) is 0 Å². The minimum atomic E-state index is -1.07. The molecule has 1 saturated heterocycles. The molecule has 1 amide bonds. The lowest BCUT2D eigenvalue weighted by Gasteiger charge is -2.46. The highest BCUT2D eigenvalue weighted by Gasteiger charge is 2.52. The molecule has 1 saturated carbocycles. The third-order valence-electron chi connectivity index (χ3n) is 5.19. The van der Waals surface area contributed by atoms with Crippen LogP contribution in [0, 0.1) is 0 Å². The number of methoxy groups -OCH3 is 1. The Morgan fingerprint density at radius 3 is 2.35 bits per heavy atom. The van der Waals surface area contributed by atoms with Crippen LogP contribution in [0.5, 0.6) is 0 Å². The Kier molecular flexibility index (Phi) is 3.92. The Hall–Kier alpha value is -1.88. The lowest BCUT2D eigenvalue weighted by molar-refractivity contribution is -0.159. The van der Waals surface area contributed by atoms with Crippen LogP contribution in [0.2, 0.25) is 0 Å². The first kappa shape index (κ1) is 16.0. The lowest BCUT2D eigenvalue weighted by atomic mass is 9.77. The van der Waals surface area contributed by atoms with E-state index in [9.17, 15) is 9.59 Å². The second-order valence-corrected chi connectivity index (χ2v) is 6.84. The first-order chi connectivity index (χ1) is 10.9. The Balaban J connectivity index is 1.99. The number of hydrogen-bond acceptors (Lipinski definition) is 4. The predicted octanol–water partition coefficient (Wildman–Crippen LogP) is 1.99. The fourth-order valence-corrected chi connectivity index (χ4v) is 3.50. The molecule has 1 unspecified atom stereocenters. The first-order valence-corrected chi connectivity index (χ1v) is 8.11. The number of nitrogens with one attached hydrogen (secondary N) is 1. The maximum Gasteiger partial charge on any atom is 0.327 e. The molecule has 0 aromatic heterocycles. The van der Waals surface area contributed by atoms with E-state index in [0.717, 1.165) is 5.56 Å². The molecule has 5 nitrogen and oxygen atoms in total. The fraction of sp³-hybridized carbons (Fsp3) is 0.556. The maximum absolute atomic E-state index is 12.9. The summed E-state index contributed by atoms with van der Waals surface area (Å²) in [5.74, 6) is -0.409. The van der Waals surface area contributed by atoms with Crippen molar-refractivity contribution in [3.05, 3.63) is 35.4 Å². The molecule has 3 atom stereocenters. The number of likely N-dealkylation sites (N-methyl/N-ethyl adjacent to an activating group) is 1. The van der Waals surface area contributed by atoms with Crippen molar-refractivity contribution in [3.8, 4) is 0 Å². The van der Waals surface area contributed by atoms with Crippen molar-refractivity contribution >= 4 is 11.9 Å². The summed E-state index contributed by atoms with van der Waals surface area (Å²) >= 11 is 0. The summed E-state index contributed by atoms with van der Waals surface area (Å²) in [4.78, 5) is 26.9. The average molecular weight is 316 g/mol. The number of nitrogens with zero attached hydrogens (tertiary/aromatic N) is 1. The highest BCUT2D eigenvalue weighted by Crippen LogP contribution is 2.41. The largest absolute Gasteiger partial charge is 0.468 e. The molecular formula is C18H24N2O3. The normalized spacial score (nSPS) is 31.1. The molecule has 1 heterocycles. The molecule has 0 bridgehead atoms. The second kappa shape index (κ2) is 5.64. The third-order valence-corrected chi connectivity index (χ3v) is 5.19. The zero-order valence-electron chi connectivity index (χ0n) is 14.1. The monoisotopic (exact) mass is 316 g/mol. The molecule has 23 heavy (non-hydrogen) atoms. The number of amides is 1. The molecule has 1 aromatic rings. The second-order valence-electron chi connectivity index (χ2n) is 6.84. The number of rotatable bonds is 3. The molecule has 0 spiro atoms. The van der Waals surface area contributed by atoms with Crippen molar-refractivity contribution < 1.29 is 14.3 Å². The van der Waals surface area contributed by atoms with Crippen LogP contribution in [-0.2, 0) is 14.3 Å². The van der Waals surface area contributed by atoms with Crippen LogP contribution in [0.1, 0.15) is 49.7 Å². The molecule has 5 heteroatoms. The van der Waals surface area contributed by atoms with E-state index in [2.05, 4.69) is 17.4 Å². The van der Waals surface area contributed by atoms with Crippen LogP contribution in [0.4, 0.5) is 0 Å². The summed E-state index contributed by atoms with van der Waals surface area (Å²) in [6.45, 7) is 3.62. The van der Waals surface area contributed by atoms with Crippen LogP contribution < -0.4 is 5.32 Å². The number of carbonyl (C=O) groups excluding carboxylic acids is 2. The SMILES string of the molecule is COC(=O)[C@@]1(C)NC(C)N(C)C(=O)[C@@H]1c1ccc(C2CC2)cc1. The Morgan fingerprint density at radius 1 is 1.26 bits per heavy atom. The number of benzene rings is 1. The standard InChI is InChI=1S/C18H24N2O3/c1-11-19-18(2,17(22)23-4)15(16(21)20(11)3)14-9-7-13(8-10-14)12-5-6-12/h7-12,15,19H,5-6H2,1-4H3/t11?,15-,18-/m0/s1. The van der Waals surface area contributed by atoms with E-state index >= 15 is 0 Å². The van der Waals surface area contributed by atoms with Gasteiger partial charge in [0, 0.05) is 7.05 Å². The lowest BCUT2D eigenvalue weighted by Crippen LogP contribution is -2.69. The van der Waals surface area contributed by atoms with Gasteiger partial charge in [0.1, 0.15) is 5.54 Å². The van der Waals surface area contributed by atoms with Crippen molar-refractivity contribution in [3.63, 3.8) is 0 Å². The molecule has 1 aliphatic heterocycles. The van der Waals surface area contributed by atoms with E-state index in [1.807, 2.05) is 19.1 Å². The van der Waals surface area contributed by atoms with Gasteiger partial charge in [-0.3, -0.25) is 14.9 Å². The van der Waals surface area contributed by atoms with Crippen LogP contribution in [0.15, 0.2) is 24.3 Å². The van der Waals surface area contributed by atoms with Crippen molar-refractivity contribution in [2.45, 2.75) is 50.2 Å². The van der Waals surface area contributed by atoms with Crippen LogP contribution in [0.3, 0.4) is 0 Å². The van der Waals surface area contributed by atoms with Crippen molar-refractivity contribution in [2.24, 2.45) is 0 Å². The molecule has 1 N–H and O–H groups in total. The summed E-state index contributed by atoms with van der Waals surface area (Å²) in [6, 6.07) is 8.11. The highest BCUT2D eigenvalue weighted by atomic mass is 16.5. The van der Waals surface area contributed by atoms with Gasteiger partial charge < -0.3 is 9.64 Å².